The molecule has 1 saturated heterocycles. The Balaban J connectivity index is 1.30. The van der Waals surface area contributed by atoms with Crippen molar-refractivity contribution in [2.75, 3.05) is 19.6 Å². The second-order valence-electron chi connectivity index (χ2n) is 10.6. The highest BCUT2D eigenvalue weighted by Crippen LogP contribution is 2.28. The highest BCUT2D eigenvalue weighted by Gasteiger charge is 2.22. The Kier molecular flexibility index (Phi) is 8.20. The van der Waals surface area contributed by atoms with Crippen LogP contribution in [0, 0.1) is 5.92 Å². The van der Waals surface area contributed by atoms with Gasteiger partial charge in [-0.05, 0) is 74.9 Å². The maximum absolute atomic E-state index is 13.5. The van der Waals surface area contributed by atoms with Crippen LogP contribution in [0.2, 0.25) is 5.02 Å². The van der Waals surface area contributed by atoms with E-state index in [0.29, 0.717) is 6.42 Å². The van der Waals surface area contributed by atoms with E-state index in [-0.39, 0.29) is 11.6 Å². The number of nitrogens with zero attached hydrogens (tertiary/aromatic N) is 3. The molecule has 1 unspecified atom stereocenters. The van der Waals surface area contributed by atoms with Crippen LogP contribution >= 0.6 is 11.6 Å². The van der Waals surface area contributed by atoms with Crippen LogP contribution in [0.3, 0.4) is 0 Å². The molecule has 1 aromatic heterocycles. The van der Waals surface area contributed by atoms with Crippen molar-refractivity contribution >= 4 is 22.4 Å². The van der Waals surface area contributed by atoms with E-state index < -0.39 is 0 Å². The van der Waals surface area contributed by atoms with Crippen molar-refractivity contribution in [1.29, 1.82) is 0 Å². The molecule has 4 nitrogen and oxygen atoms in total. The fraction of sp³-hybridized carbons (Fsp3) is 0.533. The first kappa shape index (κ1) is 24.5. The molecule has 2 fully saturated rings. The summed E-state index contributed by atoms with van der Waals surface area (Å²) in [7, 11) is 0. The molecule has 186 valence electrons. The summed E-state index contributed by atoms with van der Waals surface area (Å²) in [6.45, 7) is 3.40. The summed E-state index contributed by atoms with van der Waals surface area (Å²) in [5, 5.41) is 7.46. The molecule has 2 aliphatic rings. The number of aromatic nitrogens is 2. The van der Waals surface area contributed by atoms with Gasteiger partial charge in [0.25, 0.3) is 5.56 Å². The van der Waals surface area contributed by atoms with E-state index in [2.05, 4.69) is 4.90 Å². The van der Waals surface area contributed by atoms with E-state index in [1.54, 1.807) is 0 Å². The maximum atomic E-state index is 13.5. The highest BCUT2D eigenvalue weighted by molar-refractivity contribution is 6.30. The van der Waals surface area contributed by atoms with Gasteiger partial charge in [-0.3, -0.25) is 4.79 Å². The van der Waals surface area contributed by atoms with E-state index in [4.69, 9.17) is 16.7 Å². The second kappa shape index (κ2) is 11.7. The van der Waals surface area contributed by atoms with Crippen LogP contribution in [0.25, 0.3) is 10.8 Å². The topological polar surface area (TPSA) is 38.1 Å². The fourth-order valence-electron chi connectivity index (χ4n) is 6.13. The summed E-state index contributed by atoms with van der Waals surface area (Å²) in [5.41, 5.74) is 2.18. The molecule has 0 radical (unpaired) electrons. The average molecular weight is 492 g/mol. The number of hydrogen-bond donors (Lipinski definition) is 0. The molecule has 0 spiro atoms. The number of fused-ring (bicyclic) bond motifs is 1. The van der Waals surface area contributed by atoms with Crippen molar-refractivity contribution in [3.63, 3.8) is 0 Å². The highest BCUT2D eigenvalue weighted by atomic mass is 35.5. The van der Waals surface area contributed by atoms with Gasteiger partial charge >= 0.3 is 0 Å². The van der Waals surface area contributed by atoms with Crippen LogP contribution in [0.5, 0.6) is 0 Å². The van der Waals surface area contributed by atoms with Gasteiger partial charge in [0.05, 0.1) is 17.1 Å². The number of halogens is 1. The van der Waals surface area contributed by atoms with Crippen molar-refractivity contribution < 1.29 is 0 Å². The minimum atomic E-state index is 0.0520. The Labute approximate surface area is 214 Å². The van der Waals surface area contributed by atoms with Crippen molar-refractivity contribution in [3.8, 4) is 0 Å². The first-order valence-electron chi connectivity index (χ1n) is 13.6. The maximum Gasteiger partial charge on any atom is 0.274 e. The lowest BCUT2D eigenvalue weighted by Gasteiger charge is -2.24. The van der Waals surface area contributed by atoms with Gasteiger partial charge in [-0.25, -0.2) is 4.68 Å². The molecule has 0 N–H and O–H groups in total. The van der Waals surface area contributed by atoms with Crippen LogP contribution in [-0.2, 0) is 6.42 Å². The van der Waals surface area contributed by atoms with Gasteiger partial charge in [0.15, 0.2) is 0 Å². The lowest BCUT2D eigenvalue weighted by atomic mass is 9.86. The predicted octanol–water partition coefficient (Wildman–Crippen LogP) is 7.03. The molecule has 1 saturated carbocycles. The van der Waals surface area contributed by atoms with Gasteiger partial charge in [-0.2, -0.15) is 5.10 Å². The van der Waals surface area contributed by atoms with Gasteiger partial charge in [0, 0.05) is 23.4 Å². The van der Waals surface area contributed by atoms with E-state index in [1.807, 2.05) is 53.2 Å². The van der Waals surface area contributed by atoms with Crippen LogP contribution < -0.4 is 5.56 Å². The number of benzene rings is 2. The second-order valence-corrected chi connectivity index (χ2v) is 11.1. The zero-order valence-corrected chi connectivity index (χ0v) is 21.6. The molecule has 0 amide bonds. The lowest BCUT2D eigenvalue weighted by molar-refractivity contribution is 0.252. The van der Waals surface area contributed by atoms with E-state index >= 15 is 0 Å². The van der Waals surface area contributed by atoms with Crippen molar-refractivity contribution in [1.82, 2.24) is 14.7 Å². The molecule has 1 aliphatic carbocycles. The van der Waals surface area contributed by atoms with Gasteiger partial charge in [0.1, 0.15) is 0 Å². The van der Waals surface area contributed by atoms with Gasteiger partial charge < -0.3 is 4.90 Å². The predicted molar refractivity (Wildman–Crippen MR) is 145 cm³/mol. The number of hydrogen-bond acceptors (Lipinski definition) is 3. The minimum Gasteiger partial charge on any atom is -0.303 e. The van der Waals surface area contributed by atoms with Crippen molar-refractivity contribution in [3.05, 3.63) is 75.2 Å². The third-order valence-corrected chi connectivity index (χ3v) is 8.39. The smallest absolute Gasteiger partial charge is 0.274 e. The van der Waals surface area contributed by atoms with Crippen molar-refractivity contribution in [2.45, 2.75) is 76.7 Å². The molecule has 35 heavy (non-hydrogen) atoms. The van der Waals surface area contributed by atoms with Crippen molar-refractivity contribution in [2.24, 2.45) is 5.92 Å². The normalized spacial score (nSPS) is 20.2. The Bertz CT molecular complexity index is 1170. The Morgan fingerprint density at radius 3 is 2.43 bits per heavy atom. The molecule has 5 heteroatoms. The molecule has 3 aromatic rings. The first-order chi connectivity index (χ1) is 17.2. The molecule has 2 aromatic carbocycles. The molecule has 5 rings (SSSR count). The molecular weight excluding hydrogens is 454 g/mol. The number of rotatable bonds is 7. The van der Waals surface area contributed by atoms with Crippen LogP contribution in [-0.4, -0.2) is 34.3 Å². The van der Waals surface area contributed by atoms with Gasteiger partial charge in [-0.1, -0.05) is 74.0 Å². The Hall–Kier alpha value is -2.17. The quantitative estimate of drug-likeness (QED) is 0.356. The first-order valence-corrected chi connectivity index (χ1v) is 14.0. The summed E-state index contributed by atoms with van der Waals surface area (Å²) in [4.78, 5) is 16.1. The summed E-state index contributed by atoms with van der Waals surface area (Å²) in [5.74, 6) is 0.961. The molecular formula is C30H38ClN3O. The molecule has 1 atom stereocenters. The van der Waals surface area contributed by atoms with Gasteiger partial charge in [0.2, 0.25) is 0 Å². The largest absolute Gasteiger partial charge is 0.303 e. The van der Waals surface area contributed by atoms with E-state index in [9.17, 15) is 4.79 Å². The number of likely N-dealkylation sites (tertiary alicyclic amines) is 1. The van der Waals surface area contributed by atoms with Crippen LogP contribution in [0.4, 0.5) is 0 Å². The molecule has 1 aliphatic heterocycles. The minimum absolute atomic E-state index is 0.0520. The monoisotopic (exact) mass is 491 g/mol. The van der Waals surface area contributed by atoms with E-state index in [1.165, 1.54) is 51.5 Å². The third kappa shape index (κ3) is 6.16. The summed E-state index contributed by atoms with van der Waals surface area (Å²) >= 11 is 6.09. The zero-order valence-electron chi connectivity index (χ0n) is 20.8. The van der Waals surface area contributed by atoms with E-state index in [0.717, 1.165) is 65.3 Å². The SMILES string of the molecule is O=c1c2ccccc2c(Cc2ccc(Cl)cc2)nn1C1CCCN(CCCC2CCCCC2)CC1. The standard InChI is InChI=1S/C30H38ClN3O/c31-25-16-14-24(15-17-25)22-29-27-12-4-5-13-28(27)30(35)34(32-29)26-11-7-20-33(21-18-26)19-6-10-23-8-2-1-3-9-23/h4-5,12-17,23,26H,1-3,6-11,18-22H2. The van der Waals surface area contributed by atoms with Gasteiger partial charge in [-0.15, -0.1) is 0 Å². The lowest BCUT2D eigenvalue weighted by Crippen LogP contribution is -2.30. The van der Waals surface area contributed by atoms with Crippen LogP contribution in [0.1, 0.15) is 81.5 Å². The zero-order chi connectivity index (χ0) is 24.0. The summed E-state index contributed by atoms with van der Waals surface area (Å²) < 4.78 is 1.82. The average Bonchev–Trinajstić information content (AvgIpc) is 3.13. The Morgan fingerprint density at radius 1 is 0.857 bits per heavy atom. The molecule has 0 bridgehead atoms. The Morgan fingerprint density at radius 2 is 1.63 bits per heavy atom. The fourth-order valence-corrected chi connectivity index (χ4v) is 6.26. The summed E-state index contributed by atoms with van der Waals surface area (Å²) in [6, 6.07) is 16.0. The summed E-state index contributed by atoms with van der Waals surface area (Å²) in [6.07, 6.45) is 13.7. The van der Waals surface area contributed by atoms with Crippen LogP contribution in [0.15, 0.2) is 53.3 Å². The molecule has 2 heterocycles. The third-order valence-electron chi connectivity index (χ3n) is 8.14.